The Labute approximate surface area is 183 Å². The van der Waals surface area contributed by atoms with Crippen molar-refractivity contribution in [1.29, 1.82) is 0 Å². The summed E-state index contributed by atoms with van der Waals surface area (Å²) in [4.78, 5) is 12.2. The quantitative estimate of drug-likeness (QED) is 0.551. The largest absolute Gasteiger partial charge is 0.496 e. The van der Waals surface area contributed by atoms with Crippen LogP contribution in [-0.4, -0.2) is 53.8 Å². The summed E-state index contributed by atoms with van der Waals surface area (Å²) < 4.78 is 59.6. The first kappa shape index (κ1) is 24.6. The topological polar surface area (TPSA) is 122 Å². The molecule has 0 aliphatic rings. The van der Waals surface area contributed by atoms with Gasteiger partial charge in [-0.2, -0.15) is 4.31 Å². The summed E-state index contributed by atoms with van der Waals surface area (Å²) in [5, 5.41) is 2.61. The summed E-state index contributed by atoms with van der Waals surface area (Å²) in [6.45, 7) is 6.27. The van der Waals surface area contributed by atoms with Crippen LogP contribution in [0.3, 0.4) is 0 Å². The van der Waals surface area contributed by atoms with E-state index in [1.807, 2.05) is 0 Å². The number of nitrogens with one attached hydrogen (secondary N) is 2. The van der Waals surface area contributed by atoms with Crippen LogP contribution in [-0.2, 0) is 20.0 Å². The Bertz CT molecular complexity index is 1130. The lowest BCUT2D eigenvalue weighted by Crippen LogP contribution is -2.30. The summed E-state index contributed by atoms with van der Waals surface area (Å²) in [7, 11) is -6.29. The van der Waals surface area contributed by atoms with Gasteiger partial charge < -0.3 is 10.1 Å². The number of hydrogen-bond donors (Lipinski definition) is 2. The minimum absolute atomic E-state index is 0.0714. The van der Waals surface area contributed by atoms with Gasteiger partial charge >= 0.3 is 0 Å². The fourth-order valence-electron chi connectivity index (χ4n) is 2.91. The zero-order chi connectivity index (χ0) is 23.2. The molecule has 0 unspecified atom stereocenters. The van der Waals surface area contributed by atoms with Crippen LogP contribution in [0.2, 0.25) is 0 Å². The molecular weight excluding hydrogens is 442 g/mol. The predicted octanol–water partition coefficient (Wildman–Crippen LogP) is 2.28. The van der Waals surface area contributed by atoms with Crippen LogP contribution in [0, 0.1) is 0 Å². The Balaban J connectivity index is 2.33. The van der Waals surface area contributed by atoms with Crippen LogP contribution >= 0.6 is 0 Å². The number of amides is 1. The van der Waals surface area contributed by atoms with Gasteiger partial charge in [0.1, 0.15) is 5.75 Å². The maximum atomic E-state index is 12.8. The van der Waals surface area contributed by atoms with Gasteiger partial charge in [-0.1, -0.05) is 13.8 Å². The standard InChI is InChI=1S/C20H27N3O6S2/c1-5-21-20(24)18-14-17(12-13-19(18)29-4)30(25,26)22-15-8-10-16(11-9-15)31(27,28)23(6-2)7-3/h8-14,22H,5-7H2,1-4H3,(H,21,24). The second-order valence-corrected chi connectivity index (χ2v) is 10.1. The summed E-state index contributed by atoms with van der Waals surface area (Å²) in [5.41, 5.74) is 0.279. The molecule has 0 saturated carbocycles. The van der Waals surface area contributed by atoms with E-state index in [0.29, 0.717) is 19.6 Å². The lowest BCUT2D eigenvalue weighted by Gasteiger charge is -2.18. The van der Waals surface area contributed by atoms with E-state index in [0.717, 1.165) is 0 Å². The molecule has 0 spiro atoms. The zero-order valence-electron chi connectivity index (χ0n) is 17.9. The Morgan fingerprint density at radius 2 is 1.52 bits per heavy atom. The van der Waals surface area contributed by atoms with Gasteiger partial charge in [0.2, 0.25) is 10.0 Å². The first-order chi connectivity index (χ1) is 14.6. The molecule has 0 atom stereocenters. The average molecular weight is 470 g/mol. The maximum absolute atomic E-state index is 12.8. The third kappa shape index (κ3) is 5.54. The minimum atomic E-state index is -4.03. The van der Waals surface area contributed by atoms with E-state index in [1.54, 1.807) is 20.8 Å². The fourth-order valence-corrected chi connectivity index (χ4v) is 5.45. The number of hydrogen-bond acceptors (Lipinski definition) is 6. The van der Waals surface area contributed by atoms with Gasteiger partial charge in [-0.3, -0.25) is 9.52 Å². The lowest BCUT2D eigenvalue weighted by atomic mass is 10.2. The molecule has 0 saturated heterocycles. The molecule has 2 rings (SSSR count). The summed E-state index contributed by atoms with van der Waals surface area (Å²) in [6, 6.07) is 9.40. The molecule has 2 aromatic carbocycles. The zero-order valence-corrected chi connectivity index (χ0v) is 19.5. The molecule has 170 valence electrons. The normalized spacial score (nSPS) is 11.9. The van der Waals surface area contributed by atoms with E-state index >= 15 is 0 Å². The smallest absolute Gasteiger partial charge is 0.261 e. The van der Waals surface area contributed by atoms with Crippen molar-refractivity contribution in [3.8, 4) is 5.75 Å². The molecule has 0 aliphatic heterocycles. The molecule has 0 aromatic heterocycles. The highest BCUT2D eigenvalue weighted by atomic mass is 32.2. The third-order valence-corrected chi connectivity index (χ3v) is 7.96. The van der Waals surface area contributed by atoms with Gasteiger partial charge in [-0.05, 0) is 49.4 Å². The van der Waals surface area contributed by atoms with Crippen LogP contribution in [0.1, 0.15) is 31.1 Å². The highest BCUT2D eigenvalue weighted by Crippen LogP contribution is 2.25. The number of rotatable bonds is 10. The number of methoxy groups -OCH3 is 1. The van der Waals surface area contributed by atoms with E-state index in [1.165, 1.54) is 53.9 Å². The lowest BCUT2D eigenvalue weighted by molar-refractivity contribution is 0.0952. The highest BCUT2D eigenvalue weighted by Gasteiger charge is 2.23. The van der Waals surface area contributed by atoms with Crippen LogP contribution in [0.15, 0.2) is 52.3 Å². The summed E-state index contributed by atoms with van der Waals surface area (Å²) >= 11 is 0. The average Bonchev–Trinajstić information content (AvgIpc) is 2.74. The molecular formula is C20H27N3O6S2. The molecule has 0 fully saturated rings. The summed E-state index contributed by atoms with van der Waals surface area (Å²) in [6.07, 6.45) is 0. The van der Waals surface area contributed by atoms with Crippen molar-refractivity contribution >= 4 is 31.6 Å². The molecule has 0 bridgehead atoms. The van der Waals surface area contributed by atoms with E-state index in [9.17, 15) is 21.6 Å². The van der Waals surface area contributed by atoms with E-state index in [-0.39, 0.29) is 26.8 Å². The van der Waals surface area contributed by atoms with Gasteiger partial charge in [0.25, 0.3) is 15.9 Å². The van der Waals surface area contributed by atoms with Crippen molar-refractivity contribution in [3.63, 3.8) is 0 Å². The number of anilines is 1. The molecule has 0 aliphatic carbocycles. The summed E-state index contributed by atoms with van der Waals surface area (Å²) in [5.74, 6) is -0.210. The van der Waals surface area contributed by atoms with Crippen LogP contribution in [0.25, 0.3) is 0 Å². The monoisotopic (exact) mass is 469 g/mol. The predicted molar refractivity (Wildman–Crippen MR) is 118 cm³/mol. The Morgan fingerprint density at radius 1 is 0.935 bits per heavy atom. The molecule has 2 N–H and O–H groups in total. The van der Waals surface area contributed by atoms with Crippen molar-refractivity contribution in [2.24, 2.45) is 0 Å². The molecule has 2 aromatic rings. The van der Waals surface area contributed by atoms with Crippen LogP contribution in [0.5, 0.6) is 5.75 Å². The third-order valence-electron chi connectivity index (χ3n) is 4.51. The Hall–Kier alpha value is -2.63. The van der Waals surface area contributed by atoms with Crippen molar-refractivity contribution in [1.82, 2.24) is 9.62 Å². The molecule has 0 heterocycles. The SMILES string of the molecule is CCNC(=O)c1cc(S(=O)(=O)Nc2ccc(S(=O)(=O)N(CC)CC)cc2)ccc1OC. The van der Waals surface area contributed by atoms with Crippen molar-refractivity contribution in [3.05, 3.63) is 48.0 Å². The first-order valence-electron chi connectivity index (χ1n) is 9.69. The fraction of sp³-hybridized carbons (Fsp3) is 0.350. The minimum Gasteiger partial charge on any atom is -0.496 e. The first-order valence-corrected chi connectivity index (χ1v) is 12.6. The van der Waals surface area contributed by atoms with Gasteiger partial charge in [-0.25, -0.2) is 16.8 Å². The molecule has 0 radical (unpaired) electrons. The van der Waals surface area contributed by atoms with Crippen LogP contribution < -0.4 is 14.8 Å². The highest BCUT2D eigenvalue weighted by molar-refractivity contribution is 7.92. The van der Waals surface area contributed by atoms with E-state index < -0.39 is 26.0 Å². The van der Waals surface area contributed by atoms with Gasteiger partial charge in [-0.15, -0.1) is 0 Å². The van der Waals surface area contributed by atoms with Gasteiger partial charge in [0, 0.05) is 25.3 Å². The molecule has 9 nitrogen and oxygen atoms in total. The van der Waals surface area contributed by atoms with E-state index in [4.69, 9.17) is 4.74 Å². The molecule has 1 amide bonds. The van der Waals surface area contributed by atoms with Gasteiger partial charge in [0.05, 0.1) is 22.5 Å². The Morgan fingerprint density at radius 3 is 2.03 bits per heavy atom. The maximum Gasteiger partial charge on any atom is 0.261 e. The number of benzene rings is 2. The Kier molecular flexibility index (Phi) is 8.04. The van der Waals surface area contributed by atoms with Crippen molar-refractivity contribution in [2.45, 2.75) is 30.6 Å². The molecule has 31 heavy (non-hydrogen) atoms. The number of ether oxygens (including phenoxy) is 1. The second kappa shape index (κ2) is 10.1. The van der Waals surface area contributed by atoms with Gasteiger partial charge in [0.15, 0.2) is 0 Å². The van der Waals surface area contributed by atoms with Crippen molar-refractivity contribution in [2.75, 3.05) is 31.5 Å². The number of nitrogens with zero attached hydrogens (tertiary/aromatic N) is 1. The second-order valence-electron chi connectivity index (χ2n) is 6.44. The van der Waals surface area contributed by atoms with Crippen LogP contribution in [0.4, 0.5) is 5.69 Å². The van der Waals surface area contributed by atoms with Crippen molar-refractivity contribution < 1.29 is 26.4 Å². The number of carbonyl (C=O) groups is 1. The number of carbonyl (C=O) groups excluding carboxylic acids is 1. The number of sulfonamides is 2. The van der Waals surface area contributed by atoms with E-state index in [2.05, 4.69) is 10.0 Å². The molecule has 11 heteroatoms.